The number of hydrogen-bond acceptors (Lipinski definition) is 1. The molecule has 0 fully saturated rings. The van der Waals surface area contributed by atoms with Crippen molar-refractivity contribution in [1.29, 1.82) is 0 Å². The third-order valence-electron chi connectivity index (χ3n) is 0. The molecule has 0 aliphatic heterocycles. The molecule has 0 saturated carbocycles. The monoisotopic (exact) mass is 110 g/mol. The summed E-state index contributed by atoms with van der Waals surface area (Å²) in [7, 11) is 0. The average molecular weight is 110 g/mol. The summed E-state index contributed by atoms with van der Waals surface area (Å²) in [4.78, 5) is 0. The van der Waals surface area contributed by atoms with Gasteiger partial charge in [-0.2, -0.15) is 0 Å². The van der Waals surface area contributed by atoms with Gasteiger partial charge >= 0.3 is 20.0 Å². The predicted octanol–water partition coefficient (Wildman–Crippen LogP) is -3.60. The van der Waals surface area contributed by atoms with Crippen LogP contribution in [0.3, 0.4) is 0 Å². The van der Waals surface area contributed by atoms with E-state index in [1.54, 1.807) is 0 Å². The molecule has 32 valence electrons. The summed E-state index contributed by atoms with van der Waals surface area (Å²) in [6.07, 6.45) is 0. The molecule has 0 aliphatic carbocycles. The van der Waals surface area contributed by atoms with Gasteiger partial charge in [0.15, 0.2) is 17.4 Å². The number of rotatable bonds is 0. The van der Waals surface area contributed by atoms with Crippen LogP contribution in [0.25, 0.3) is 0 Å². The van der Waals surface area contributed by atoms with Gasteiger partial charge in [-0.15, -0.1) is 0 Å². The Labute approximate surface area is 48.7 Å². The van der Waals surface area contributed by atoms with Crippen LogP contribution in [0.5, 0.6) is 0 Å². The summed E-state index contributed by atoms with van der Waals surface area (Å²) < 4.78 is 8.28. The first-order valence-electron chi connectivity index (χ1n) is 0.289. The van der Waals surface area contributed by atoms with Crippen LogP contribution in [0.4, 0.5) is 0 Å². The molecule has 0 amide bonds. The van der Waals surface area contributed by atoms with Crippen LogP contribution in [0.2, 0.25) is 0 Å². The maximum absolute atomic E-state index is 8.28. The Morgan fingerprint density at radius 2 is 1.00 bits per heavy atom. The van der Waals surface area contributed by atoms with E-state index >= 15 is 0 Å². The van der Waals surface area contributed by atoms with Crippen molar-refractivity contribution in [2.45, 2.75) is 0 Å². The molecule has 0 heterocycles. The van der Waals surface area contributed by atoms with Gasteiger partial charge in [-0.3, -0.25) is 0 Å². The van der Waals surface area contributed by atoms with Crippen molar-refractivity contribution in [1.82, 2.24) is 0 Å². The van der Waals surface area contributed by atoms with Crippen molar-refractivity contribution >= 4 is 33.6 Å². The molecule has 0 unspecified atom stereocenters. The van der Waals surface area contributed by atoms with Gasteiger partial charge in [0, 0.05) is 0 Å². The predicted molar refractivity (Wildman–Crippen MR) is 25.0 cm³/mol. The molecule has 0 saturated heterocycles. The van der Waals surface area contributed by atoms with Crippen LogP contribution >= 0.6 is 0 Å². The van der Waals surface area contributed by atoms with E-state index in [0.29, 0.717) is 16.2 Å². The molecule has 4 N–H and O–H groups in total. The SMILES string of the molecule is O.O.[AlH3].[O]=[AlH]. The standard InChI is InChI=1S/2Al.2H2O.O.4H/h;;2*1H2;;;;;. The fourth-order valence-electron chi connectivity index (χ4n) is 0. The molecule has 0 bridgehead atoms. The number of hydrogen-bond donors (Lipinski definition) is 0. The van der Waals surface area contributed by atoms with Gasteiger partial charge in [-0.1, -0.05) is 0 Å². The van der Waals surface area contributed by atoms with Gasteiger partial charge in [-0.25, -0.2) is 0 Å². The first-order valence-corrected chi connectivity index (χ1v) is 0.866. The van der Waals surface area contributed by atoms with Crippen LogP contribution in [-0.2, 0) is 3.80 Å². The van der Waals surface area contributed by atoms with Crippen molar-refractivity contribution in [2.75, 3.05) is 0 Å². The van der Waals surface area contributed by atoms with Crippen molar-refractivity contribution in [3.63, 3.8) is 0 Å². The molecular formula is H8Al2O3. The van der Waals surface area contributed by atoms with Crippen LogP contribution in [0.15, 0.2) is 0 Å². The Morgan fingerprint density at radius 3 is 1.00 bits per heavy atom. The van der Waals surface area contributed by atoms with Crippen LogP contribution < -0.4 is 0 Å². The van der Waals surface area contributed by atoms with E-state index in [2.05, 4.69) is 0 Å². The molecule has 0 atom stereocenters. The second-order valence-corrected chi connectivity index (χ2v) is 0. The van der Waals surface area contributed by atoms with E-state index in [1.807, 2.05) is 0 Å². The van der Waals surface area contributed by atoms with Gasteiger partial charge in [-0.05, 0) is 0 Å². The Kier molecular flexibility index (Phi) is 925. The fourth-order valence-corrected chi connectivity index (χ4v) is 0. The van der Waals surface area contributed by atoms with Crippen molar-refractivity contribution in [2.24, 2.45) is 0 Å². The van der Waals surface area contributed by atoms with E-state index in [1.165, 1.54) is 0 Å². The zero-order valence-electron chi connectivity index (χ0n) is 2.12. The maximum atomic E-state index is 8.28. The van der Waals surface area contributed by atoms with Crippen LogP contribution in [0.1, 0.15) is 0 Å². The quantitative estimate of drug-likeness (QED) is 0.296. The molecule has 0 aromatic carbocycles. The summed E-state index contributed by atoms with van der Waals surface area (Å²) >= 11 is 0.611. The minimum absolute atomic E-state index is 0. The fraction of sp³-hybridized carbons (Fsp3) is 0. The molecule has 0 aromatic heterocycles. The van der Waals surface area contributed by atoms with Gasteiger partial charge in [0.1, 0.15) is 0 Å². The molecular weight excluding hydrogens is 102 g/mol. The third kappa shape index (κ3) is 60.2. The van der Waals surface area contributed by atoms with Gasteiger partial charge in [0.05, 0.1) is 0 Å². The molecule has 5 heavy (non-hydrogen) atoms. The summed E-state index contributed by atoms with van der Waals surface area (Å²) in [5.41, 5.74) is 0. The molecule has 3 nitrogen and oxygen atoms in total. The van der Waals surface area contributed by atoms with E-state index in [9.17, 15) is 0 Å². The molecule has 0 rings (SSSR count). The second kappa shape index (κ2) is 111. The zero-order chi connectivity index (χ0) is 2.00. The van der Waals surface area contributed by atoms with Gasteiger partial charge in [0.2, 0.25) is 0 Å². The third-order valence-corrected chi connectivity index (χ3v) is 0. The normalized spacial score (nSPS) is 0.600. The Balaban J connectivity index is -0.00000000167. The van der Waals surface area contributed by atoms with Crippen LogP contribution in [0, 0.1) is 0 Å². The van der Waals surface area contributed by atoms with E-state index in [0.717, 1.165) is 0 Å². The minimum atomic E-state index is 0. The van der Waals surface area contributed by atoms with E-state index in [-0.39, 0.29) is 28.3 Å². The Bertz CT molecular complexity index is 4.85. The molecule has 0 radical (unpaired) electrons. The molecule has 5 heteroatoms. The summed E-state index contributed by atoms with van der Waals surface area (Å²) in [5, 5.41) is 0. The van der Waals surface area contributed by atoms with Crippen LogP contribution in [-0.4, -0.2) is 44.5 Å². The van der Waals surface area contributed by atoms with Crippen molar-refractivity contribution in [3.05, 3.63) is 0 Å². The second-order valence-electron chi connectivity index (χ2n) is 0. The average Bonchev–Trinajstić information content (AvgIpc) is 1.00. The van der Waals surface area contributed by atoms with E-state index in [4.69, 9.17) is 3.80 Å². The van der Waals surface area contributed by atoms with E-state index < -0.39 is 0 Å². The first-order chi connectivity index (χ1) is 1.00. The molecule has 0 aromatic rings. The van der Waals surface area contributed by atoms with Gasteiger partial charge in [0.25, 0.3) is 0 Å². The first kappa shape index (κ1) is 41.6. The van der Waals surface area contributed by atoms with Crippen molar-refractivity contribution < 1.29 is 14.8 Å². The Hall–Kier alpha value is 0.785. The van der Waals surface area contributed by atoms with Gasteiger partial charge < -0.3 is 11.0 Å². The zero-order valence-corrected chi connectivity index (χ0v) is 3.53. The topological polar surface area (TPSA) is 80.1 Å². The Morgan fingerprint density at radius 1 is 1.00 bits per heavy atom. The summed E-state index contributed by atoms with van der Waals surface area (Å²) in [6, 6.07) is 0. The molecule has 0 aliphatic rings. The summed E-state index contributed by atoms with van der Waals surface area (Å²) in [6.45, 7) is 0. The molecule has 0 spiro atoms. The van der Waals surface area contributed by atoms with Crippen molar-refractivity contribution in [3.8, 4) is 0 Å². The summed E-state index contributed by atoms with van der Waals surface area (Å²) in [5.74, 6) is 0.